The van der Waals surface area contributed by atoms with Crippen molar-refractivity contribution in [1.82, 2.24) is 10.2 Å². The number of ether oxygens (including phenoxy) is 1. The number of nitrogens with zero attached hydrogens (tertiary/aromatic N) is 4. The quantitative estimate of drug-likeness (QED) is 0.338. The molecule has 4 rings (SSSR count). The second-order valence-electron chi connectivity index (χ2n) is 8.16. The molecule has 0 amide bonds. The standard InChI is InChI=1S/C24H33N5O2.HI/c1-25-24(28-15-13-27(14-16-28)20-7-3-5-9-22(20)30)26-17-19-11-12-29(18-19)21-8-4-6-10-23(21)31-2;/h3-10,19,30H,11-18H2,1-2H3,(H,25,26);1H. The zero-order valence-corrected chi connectivity index (χ0v) is 21.2. The summed E-state index contributed by atoms with van der Waals surface area (Å²) in [6, 6.07) is 15.8. The van der Waals surface area contributed by atoms with E-state index in [0.29, 0.717) is 11.7 Å². The first kappa shape index (κ1) is 24.3. The molecule has 2 aromatic rings. The van der Waals surface area contributed by atoms with Crippen LogP contribution in [0.15, 0.2) is 53.5 Å². The number of anilines is 2. The maximum atomic E-state index is 10.1. The molecule has 0 bridgehead atoms. The van der Waals surface area contributed by atoms with E-state index in [0.717, 1.165) is 69.6 Å². The number of phenolic OH excluding ortho intramolecular Hbond substituents is 1. The summed E-state index contributed by atoms with van der Waals surface area (Å²) in [5.41, 5.74) is 2.09. The molecule has 1 atom stereocenters. The number of aromatic hydroxyl groups is 1. The van der Waals surface area contributed by atoms with Crippen LogP contribution in [0, 0.1) is 5.92 Å². The highest BCUT2D eigenvalue weighted by atomic mass is 127. The number of phenols is 1. The van der Waals surface area contributed by atoms with E-state index in [-0.39, 0.29) is 24.0 Å². The average Bonchev–Trinajstić information content (AvgIpc) is 3.29. The van der Waals surface area contributed by atoms with Crippen molar-refractivity contribution in [3.8, 4) is 11.5 Å². The predicted molar refractivity (Wildman–Crippen MR) is 142 cm³/mol. The number of guanidine groups is 1. The highest BCUT2D eigenvalue weighted by Crippen LogP contribution is 2.32. The van der Waals surface area contributed by atoms with Crippen LogP contribution in [0.2, 0.25) is 0 Å². The van der Waals surface area contributed by atoms with Crippen LogP contribution in [0.25, 0.3) is 0 Å². The van der Waals surface area contributed by atoms with Gasteiger partial charge in [0.1, 0.15) is 11.5 Å². The summed E-state index contributed by atoms with van der Waals surface area (Å²) >= 11 is 0. The Bertz CT molecular complexity index is 901. The Kier molecular flexibility index (Phi) is 8.72. The maximum Gasteiger partial charge on any atom is 0.193 e. The normalized spacial score (nSPS) is 19.0. The number of methoxy groups -OCH3 is 1. The van der Waals surface area contributed by atoms with Crippen molar-refractivity contribution < 1.29 is 9.84 Å². The van der Waals surface area contributed by atoms with Crippen LogP contribution < -0.4 is 19.9 Å². The van der Waals surface area contributed by atoms with E-state index in [9.17, 15) is 5.11 Å². The Morgan fingerprint density at radius 1 is 1.00 bits per heavy atom. The lowest BCUT2D eigenvalue weighted by Crippen LogP contribution is -2.53. The maximum absolute atomic E-state index is 10.1. The number of halogens is 1. The Hall–Kier alpha value is -2.36. The summed E-state index contributed by atoms with van der Waals surface area (Å²) in [6.07, 6.45) is 1.16. The minimum atomic E-state index is 0. The molecule has 7 nitrogen and oxygen atoms in total. The van der Waals surface area contributed by atoms with Crippen molar-refractivity contribution in [2.45, 2.75) is 6.42 Å². The first-order valence-electron chi connectivity index (χ1n) is 11.1. The molecule has 0 aromatic heterocycles. The smallest absolute Gasteiger partial charge is 0.193 e. The van der Waals surface area contributed by atoms with E-state index in [1.807, 2.05) is 37.4 Å². The molecule has 174 valence electrons. The molecule has 2 saturated heterocycles. The lowest BCUT2D eigenvalue weighted by atomic mass is 10.1. The molecular formula is C24H34IN5O2. The second-order valence-corrected chi connectivity index (χ2v) is 8.16. The van der Waals surface area contributed by atoms with Gasteiger partial charge in [-0.3, -0.25) is 4.99 Å². The van der Waals surface area contributed by atoms with E-state index in [2.05, 4.69) is 37.1 Å². The van der Waals surface area contributed by atoms with E-state index in [4.69, 9.17) is 4.74 Å². The number of hydrogen-bond acceptors (Lipinski definition) is 5. The molecule has 2 N–H and O–H groups in total. The number of para-hydroxylation sites is 4. The minimum Gasteiger partial charge on any atom is -0.506 e. The van der Waals surface area contributed by atoms with Gasteiger partial charge in [-0.25, -0.2) is 0 Å². The highest BCUT2D eigenvalue weighted by Gasteiger charge is 2.26. The van der Waals surface area contributed by atoms with Gasteiger partial charge in [-0.2, -0.15) is 0 Å². The van der Waals surface area contributed by atoms with Gasteiger partial charge in [-0.05, 0) is 36.6 Å². The SMILES string of the molecule is CN=C(NCC1CCN(c2ccccc2OC)C1)N1CCN(c2ccccc2O)CC1.I. The molecule has 2 fully saturated rings. The van der Waals surface area contributed by atoms with Gasteiger partial charge in [0.2, 0.25) is 0 Å². The summed E-state index contributed by atoms with van der Waals surface area (Å²) in [4.78, 5) is 11.5. The molecule has 0 radical (unpaired) electrons. The molecular weight excluding hydrogens is 517 g/mol. The monoisotopic (exact) mass is 551 g/mol. The minimum absolute atomic E-state index is 0. The molecule has 8 heteroatoms. The number of nitrogens with one attached hydrogen (secondary N) is 1. The first-order valence-corrected chi connectivity index (χ1v) is 11.1. The zero-order valence-electron chi connectivity index (χ0n) is 18.9. The zero-order chi connectivity index (χ0) is 21.6. The largest absolute Gasteiger partial charge is 0.506 e. The lowest BCUT2D eigenvalue weighted by Gasteiger charge is -2.38. The summed E-state index contributed by atoms with van der Waals surface area (Å²) in [5.74, 6) is 2.82. The van der Waals surface area contributed by atoms with Gasteiger partial charge in [-0.15, -0.1) is 24.0 Å². The number of benzene rings is 2. The van der Waals surface area contributed by atoms with Crippen molar-refractivity contribution in [1.29, 1.82) is 0 Å². The van der Waals surface area contributed by atoms with Gasteiger partial charge < -0.3 is 29.9 Å². The van der Waals surface area contributed by atoms with Crippen LogP contribution in [-0.4, -0.2) is 75.9 Å². The third-order valence-corrected chi connectivity index (χ3v) is 6.27. The Morgan fingerprint density at radius 2 is 1.69 bits per heavy atom. The Labute approximate surface area is 208 Å². The van der Waals surface area contributed by atoms with Gasteiger partial charge in [0.15, 0.2) is 5.96 Å². The number of aliphatic imine (C=N–C) groups is 1. The lowest BCUT2D eigenvalue weighted by molar-refractivity contribution is 0.366. The molecule has 0 saturated carbocycles. The van der Waals surface area contributed by atoms with E-state index in [1.54, 1.807) is 13.2 Å². The van der Waals surface area contributed by atoms with Crippen LogP contribution in [0.5, 0.6) is 11.5 Å². The van der Waals surface area contributed by atoms with E-state index >= 15 is 0 Å². The topological polar surface area (TPSA) is 63.6 Å². The molecule has 0 spiro atoms. The number of rotatable bonds is 5. The van der Waals surface area contributed by atoms with Crippen LogP contribution in [0.4, 0.5) is 11.4 Å². The fraction of sp³-hybridized carbons (Fsp3) is 0.458. The van der Waals surface area contributed by atoms with Crippen molar-refractivity contribution in [3.63, 3.8) is 0 Å². The van der Waals surface area contributed by atoms with Crippen LogP contribution in [0.3, 0.4) is 0 Å². The summed E-state index contributed by atoms with van der Waals surface area (Å²) in [7, 11) is 3.59. The highest BCUT2D eigenvalue weighted by molar-refractivity contribution is 14.0. The number of hydrogen-bond donors (Lipinski definition) is 2. The first-order chi connectivity index (χ1) is 15.2. The second kappa shape index (κ2) is 11.5. The van der Waals surface area contributed by atoms with E-state index < -0.39 is 0 Å². The van der Waals surface area contributed by atoms with Crippen molar-refractivity contribution in [2.24, 2.45) is 10.9 Å². The summed E-state index contributed by atoms with van der Waals surface area (Å²) in [5, 5.41) is 13.7. The molecule has 2 aromatic carbocycles. The average molecular weight is 551 g/mol. The fourth-order valence-electron chi connectivity index (χ4n) is 4.57. The van der Waals surface area contributed by atoms with Crippen LogP contribution in [0.1, 0.15) is 6.42 Å². The van der Waals surface area contributed by atoms with Gasteiger partial charge in [0.05, 0.1) is 18.5 Å². The van der Waals surface area contributed by atoms with Crippen molar-refractivity contribution in [3.05, 3.63) is 48.5 Å². The summed E-state index contributed by atoms with van der Waals surface area (Å²) < 4.78 is 5.53. The van der Waals surface area contributed by atoms with Crippen LogP contribution >= 0.6 is 24.0 Å². The molecule has 2 heterocycles. The molecule has 0 aliphatic carbocycles. The fourth-order valence-corrected chi connectivity index (χ4v) is 4.57. The van der Waals surface area contributed by atoms with Gasteiger partial charge in [0, 0.05) is 52.9 Å². The summed E-state index contributed by atoms with van der Waals surface area (Å²) in [6.45, 7) is 6.47. The Balaban J connectivity index is 0.00000289. The van der Waals surface area contributed by atoms with Gasteiger partial charge in [0.25, 0.3) is 0 Å². The van der Waals surface area contributed by atoms with Gasteiger partial charge in [-0.1, -0.05) is 24.3 Å². The predicted octanol–water partition coefficient (Wildman–Crippen LogP) is 3.24. The van der Waals surface area contributed by atoms with Crippen molar-refractivity contribution in [2.75, 3.05) is 69.8 Å². The van der Waals surface area contributed by atoms with E-state index in [1.165, 1.54) is 5.69 Å². The molecule has 2 aliphatic heterocycles. The molecule has 32 heavy (non-hydrogen) atoms. The molecule has 1 unspecified atom stereocenters. The van der Waals surface area contributed by atoms with Crippen molar-refractivity contribution >= 4 is 41.3 Å². The van der Waals surface area contributed by atoms with Gasteiger partial charge >= 0.3 is 0 Å². The Morgan fingerprint density at radius 3 is 2.38 bits per heavy atom. The number of piperazine rings is 1. The third kappa shape index (κ3) is 5.51. The molecule has 2 aliphatic rings. The van der Waals surface area contributed by atoms with Crippen LogP contribution in [-0.2, 0) is 0 Å². The third-order valence-electron chi connectivity index (χ3n) is 6.27.